The molecule has 56 heavy (non-hydrogen) atoms. The number of anilines is 6. The Balaban J connectivity index is 0.877. The van der Waals surface area contributed by atoms with Crippen LogP contribution in [0.5, 0.6) is 0 Å². The number of sulfonamides is 1. The van der Waals surface area contributed by atoms with E-state index in [4.69, 9.17) is 0 Å². The number of rotatable bonds is 11. The fourth-order valence-electron chi connectivity index (χ4n) is 7.52. The lowest BCUT2D eigenvalue weighted by molar-refractivity contribution is -0.120. The SMILES string of the molecule is Cc1cnc(Nc2ccc(N3CCC(N4CCN(Cc5cccc(N6CCC(=O)NC6=O)c5)CC4)CC3)cc2)nc1Nc1cccc(S(=O)(=O)NC(C)(C)C)c1. The van der Waals surface area contributed by atoms with Gasteiger partial charge in [-0.2, -0.15) is 4.98 Å². The summed E-state index contributed by atoms with van der Waals surface area (Å²) in [5.74, 6) is 0.794. The summed E-state index contributed by atoms with van der Waals surface area (Å²) in [5, 5.41) is 8.99. The maximum Gasteiger partial charge on any atom is 0.328 e. The zero-order valence-electron chi connectivity index (χ0n) is 32.6. The summed E-state index contributed by atoms with van der Waals surface area (Å²) in [5.41, 5.74) is 4.90. The van der Waals surface area contributed by atoms with Gasteiger partial charge >= 0.3 is 6.03 Å². The number of aryl methyl sites for hydroxylation is 1. The van der Waals surface area contributed by atoms with Crippen molar-refractivity contribution in [3.63, 3.8) is 0 Å². The number of aromatic nitrogens is 2. The number of carbonyl (C=O) groups is 2. The van der Waals surface area contributed by atoms with E-state index in [0.29, 0.717) is 36.5 Å². The highest BCUT2D eigenvalue weighted by molar-refractivity contribution is 7.89. The van der Waals surface area contributed by atoms with Crippen molar-refractivity contribution in [3.05, 3.63) is 90.1 Å². The van der Waals surface area contributed by atoms with Gasteiger partial charge < -0.3 is 15.5 Å². The second-order valence-electron chi connectivity index (χ2n) is 15.9. The topological polar surface area (TPSA) is 155 Å². The van der Waals surface area contributed by atoms with Crippen molar-refractivity contribution < 1.29 is 18.0 Å². The molecule has 4 aromatic rings. The largest absolute Gasteiger partial charge is 0.371 e. The monoisotopic (exact) mass is 780 g/mol. The maximum absolute atomic E-state index is 12.9. The van der Waals surface area contributed by atoms with Crippen molar-refractivity contribution in [2.24, 2.45) is 0 Å². The molecule has 4 heterocycles. The van der Waals surface area contributed by atoms with E-state index >= 15 is 0 Å². The number of urea groups is 1. The van der Waals surface area contributed by atoms with Crippen molar-refractivity contribution in [2.75, 3.05) is 66.2 Å². The number of amides is 3. The highest BCUT2D eigenvalue weighted by Gasteiger charge is 2.29. The number of nitrogens with zero attached hydrogens (tertiary/aromatic N) is 6. The minimum absolute atomic E-state index is 0.175. The van der Waals surface area contributed by atoms with Crippen LogP contribution >= 0.6 is 0 Å². The molecule has 1 aromatic heterocycles. The summed E-state index contributed by atoms with van der Waals surface area (Å²) in [6.07, 6.45) is 4.30. The number of nitrogens with one attached hydrogen (secondary N) is 4. The van der Waals surface area contributed by atoms with Gasteiger partial charge in [-0.1, -0.05) is 18.2 Å². The summed E-state index contributed by atoms with van der Waals surface area (Å²) < 4.78 is 28.5. The van der Waals surface area contributed by atoms with E-state index in [2.05, 4.69) is 69.6 Å². The van der Waals surface area contributed by atoms with Crippen LogP contribution in [0.3, 0.4) is 0 Å². The van der Waals surface area contributed by atoms with E-state index in [-0.39, 0.29) is 16.8 Å². The molecule has 0 spiro atoms. The molecule has 0 unspecified atom stereocenters. The number of piperidine rings is 1. The van der Waals surface area contributed by atoms with Crippen LogP contribution in [0.4, 0.5) is 39.3 Å². The molecule has 0 saturated carbocycles. The van der Waals surface area contributed by atoms with Gasteiger partial charge in [0, 0.05) is 105 Å². The second kappa shape index (κ2) is 16.6. The van der Waals surface area contributed by atoms with E-state index < -0.39 is 15.6 Å². The van der Waals surface area contributed by atoms with Crippen molar-refractivity contribution in [3.8, 4) is 0 Å². The predicted molar refractivity (Wildman–Crippen MR) is 220 cm³/mol. The Morgan fingerprint density at radius 2 is 1.55 bits per heavy atom. The third-order valence-corrected chi connectivity index (χ3v) is 12.1. The molecule has 3 aliphatic heterocycles. The molecule has 3 fully saturated rings. The highest BCUT2D eigenvalue weighted by Crippen LogP contribution is 2.28. The Bertz CT molecular complexity index is 2140. The normalized spacial score (nSPS) is 17.9. The van der Waals surface area contributed by atoms with Crippen LogP contribution in [0, 0.1) is 6.92 Å². The zero-order chi connectivity index (χ0) is 39.5. The summed E-state index contributed by atoms with van der Waals surface area (Å²) >= 11 is 0. The minimum Gasteiger partial charge on any atom is -0.371 e. The van der Waals surface area contributed by atoms with Gasteiger partial charge in [0.05, 0.1) is 4.90 Å². The molecule has 0 radical (unpaired) electrons. The third kappa shape index (κ3) is 9.82. The molecule has 3 saturated heterocycles. The maximum atomic E-state index is 12.9. The Kier molecular flexibility index (Phi) is 11.6. The standard InChI is InChI=1S/C41H52N10O4S/c1-29-27-42-39(46-38(29)43-32-8-6-10-36(26-32)56(54,55)47-41(2,3)4)44-31-11-13-33(14-12-31)49-18-15-34(16-19-49)50-23-21-48(22-24-50)28-30-7-5-9-35(25-30)51-20-17-37(52)45-40(51)53/h5-14,25-27,34,47H,15-24,28H2,1-4H3,(H,45,52,53)(H2,42,43,44,46). The van der Waals surface area contributed by atoms with E-state index in [0.717, 1.165) is 75.6 Å². The van der Waals surface area contributed by atoms with Crippen molar-refractivity contribution in [1.82, 2.24) is 29.8 Å². The molecule has 3 aliphatic rings. The van der Waals surface area contributed by atoms with Crippen LogP contribution in [0.2, 0.25) is 0 Å². The molecular formula is C41H52N10O4S. The summed E-state index contributed by atoms with van der Waals surface area (Å²) in [4.78, 5) is 42.5. The molecule has 0 bridgehead atoms. The molecule has 296 valence electrons. The number of piperazine rings is 1. The fourth-order valence-corrected chi connectivity index (χ4v) is 8.98. The van der Waals surface area contributed by atoms with Gasteiger partial charge in [0.15, 0.2) is 0 Å². The smallest absolute Gasteiger partial charge is 0.328 e. The number of hydrogen-bond acceptors (Lipinski definition) is 11. The van der Waals surface area contributed by atoms with Crippen LogP contribution < -0.4 is 30.5 Å². The van der Waals surface area contributed by atoms with Crippen LogP contribution in [0.1, 0.15) is 51.2 Å². The van der Waals surface area contributed by atoms with Crippen LogP contribution in [0.25, 0.3) is 0 Å². The molecule has 4 N–H and O–H groups in total. The lowest BCUT2D eigenvalue weighted by Crippen LogP contribution is -2.53. The Hall–Kier alpha value is -5.09. The highest BCUT2D eigenvalue weighted by atomic mass is 32.2. The van der Waals surface area contributed by atoms with Gasteiger partial charge in [-0.25, -0.2) is 22.9 Å². The first kappa shape index (κ1) is 39.2. The minimum atomic E-state index is -3.69. The lowest BCUT2D eigenvalue weighted by atomic mass is 10.0. The summed E-state index contributed by atoms with van der Waals surface area (Å²) in [6, 6.07) is 23.4. The number of benzene rings is 3. The number of hydrogen-bond donors (Lipinski definition) is 4. The number of carbonyl (C=O) groups excluding carboxylic acids is 2. The molecule has 3 amide bonds. The fraction of sp³-hybridized carbons (Fsp3) is 0.415. The van der Waals surface area contributed by atoms with E-state index in [1.165, 1.54) is 11.3 Å². The zero-order valence-corrected chi connectivity index (χ0v) is 33.4. The van der Waals surface area contributed by atoms with Gasteiger partial charge in [-0.3, -0.25) is 24.8 Å². The quantitative estimate of drug-likeness (QED) is 0.151. The molecule has 0 atom stereocenters. The Morgan fingerprint density at radius 3 is 2.27 bits per heavy atom. The molecule has 3 aromatic carbocycles. The molecule has 14 nitrogen and oxygen atoms in total. The van der Waals surface area contributed by atoms with Crippen molar-refractivity contribution in [2.45, 2.75) is 70.0 Å². The first-order valence-electron chi connectivity index (χ1n) is 19.3. The number of imide groups is 1. The van der Waals surface area contributed by atoms with Crippen molar-refractivity contribution in [1.29, 1.82) is 0 Å². The Morgan fingerprint density at radius 1 is 0.821 bits per heavy atom. The van der Waals surface area contributed by atoms with Crippen LogP contribution in [0.15, 0.2) is 83.9 Å². The van der Waals surface area contributed by atoms with E-state index in [1.54, 1.807) is 29.3 Å². The lowest BCUT2D eigenvalue weighted by Gasteiger charge is -2.43. The van der Waals surface area contributed by atoms with Crippen molar-refractivity contribution >= 4 is 56.5 Å². The molecule has 15 heteroatoms. The van der Waals surface area contributed by atoms with Gasteiger partial charge in [-0.15, -0.1) is 0 Å². The summed E-state index contributed by atoms with van der Waals surface area (Å²) in [6.45, 7) is 14.7. The second-order valence-corrected chi connectivity index (χ2v) is 17.5. The Labute approximate surface area is 329 Å². The van der Waals surface area contributed by atoms with Gasteiger partial charge in [0.25, 0.3) is 0 Å². The van der Waals surface area contributed by atoms with Gasteiger partial charge in [0.2, 0.25) is 21.9 Å². The third-order valence-electron chi connectivity index (χ3n) is 10.4. The van der Waals surface area contributed by atoms with E-state index in [9.17, 15) is 18.0 Å². The van der Waals surface area contributed by atoms with Gasteiger partial charge in [0.1, 0.15) is 5.82 Å². The predicted octanol–water partition coefficient (Wildman–Crippen LogP) is 5.58. The van der Waals surface area contributed by atoms with Crippen LogP contribution in [-0.2, 0) is 21.4 Å². The summed E-state index contributed by atoms with van der Waals surface area (Å²) in [7, 11) is -3.69. The average molecular weight is 781 g/mol. The average Bonchev–Trinajstić information content (AvgIpc) is 3.16. The first-order chi connectivity index (χ1) is 26.8. The molecule has 0 aliphatic carbocycles. The van der Waals surface area contributed by atoms with Crippen LogP contribution in [-0.4, -0.2) is 97.5 Å². The first-order valence-corrected chi connectivity index (χ1v) is 20.8. The molecule has 7 rings (SSSR count). The van der Waals surface area contributed by atoms with E-state index in [1.807, 2.05) is 58.0 Å². The van der Waals surface area contributed by atoms with Gasteiger partial charge in [-0.05, 0) is 101 Å². The molecular weight excluding hydrogens is 729 g/mol.